The molecule has 0 aliphatic carbocycles. The Bertz CT molecular complexity index is 400. The molecule has 0 aromatic heterocycles. The molecule has 3 heteroatoms. The Balaban J connectivity index is 2.39. The Kier molecular flexibility index (Phi) is 2.33. The molecule has 0 radical (unpaired) electrons. The fraction of sp³-hybridized carbons (Fsp3) is 0.0909. The van der Waals surface area contributed by atoms with Crippen LogP contribution in [0.25, 0.3) is 0 Å². The van der Waals surface area contributed by atoms with Gasteiger partial charge in [0.1, 0.15) is 10.2 Å². The van der Waals surface area contributed by atoms with E-state index in [1.165, 1.54) is 0 Å². The molecule has 0 spiro atoms. The molecule has 1 heterocycles. The number of dihydropyridines is 1. The fourth-order valence-corrected chi connectivity index (χ4v) is 1.90. The molecule has 0 fully saturated rings. The highest BCUT2D eigenvalue weighted by atomic mass is 79.9. The number of phenols is 1. The molecule has 1 aromatic rings. The van der Waals surface area contributed by atoms with Crippen LogP contribution in [0.15, 0.2) is 48.7 Å². The summed E-state index contributed by atoms with van der Waals surface area (Å²) >= 11 is 3.58. The van der Waals surface area contributed by atoms with Crippen molar-refractivity contribution in [3.05, 3.63) is 54.3 Å². The van der Waals surface area contributed by atoms with Gasteiger partial charge in [0.25, 0.3) is 0 Å². The third-order valence-electron chi connectivity index (χ3n) is 2.09. The normalized spacial score (nSPS) is 24.6. The van der Waals surface area contributed by atoms with E-state index in [1.807, 2.05) is 36.6 Å². The number of alkyl halides is 1. The minimum atomic E-state index is -0.402. The van der Waals surface area contributed by atoms with Crippen molar-refractivity contribution in [3.8, 4) is 5.75 Å². The molecule has 72 valence electrons. The molecule has 0 amide bonds. The van der Waals surface area contributed by atoms with Gasteiger partial charge in [-0.3, -0.25) is 0 Å². The molecule has 0 saturated carbocycles. The number of hydrogen-bond donors (Lipinski definition) is 2. The average Bonchev–Trinajstić information content (AvgIpc) is 2.19. The molecule has 2 nitrogen and oxygen atoms in total. The van der Waals surface area contributed by atoms with Gasteiger partial charge in [-0.05, 0) is 36.0 Å². The highest BCUT2D eigenvalue weighted by Crippen LogP contribution is 2.33. The summed E-state index contributed by atoms with van der Waals surface area (Å²) < 4.78 is -0.402. The lowest BCUT2D eigenvalue weighted by atomic mass is 10.0. The van der Waals surface area contributed by atoms with Gasteiger partial charge in [-0.15, -0.1) is 0 Å². The number of nitrogens with one attached hydrogen (secondary N) is 1. The second kappa shape index (κ2) is 3.50. The number of allylic oxidation sites excluding steroid dienone is 2. The van der Waals surface area contributed by atoms with Gasteiger partial charge >= 0.3 is 0 Å². The molecule has 1 aromatic carbocycles. The number of rotatable bonds is 1. The molecule has 0 saturated heterocycles. The first kappa shape index (κ1) is 9.34. The Labute approximate surface area is 91.1 Å². The minimum Gasteiger partial charge on any atom is -0.508 e. The quantitative estimate of drug-likeness (QED) is 0.594. The van der Waals surface area contributed by atoms with Crippen molar-refractivity contribution in [3.63, 3.8) is 0 Å². The van der Waals surface area contributed by atoms with Crippen LogP contribution in [0.1, 0.15) is 5.56 Å². The zero-order chi connectivity index (χ0) is 10.0. The smallest absolute Gasteiger partial charge is 0.137 e. The van der Waals surface area contributed by atoms with E-state index in [2.05, 4.69) is 21.2 Å². The van der Waals surface area contributed by atoms with Gasteiger partial charge in [0.05, 0.1) is 0 Å². The SMILES string of the molecule is Oc1cccc(C2(Br)C=CC=CN2)c1. The maximum atomic E-state index is 9.37. The Hall–Kier alpha value is -1.22. The molecule has 2 rings (SSSR count). The van der Waals surface area contributed by atoms with Crippen LogP contribution in [0.5, 0.6) is 5.75 Å². The van der Waals surface area contributed by atoms with Crippen LogP contribution in [0, 0.1) is 0 Å². The lowest BCUT2D eigenvalue weighted by Gasteiger charge is -2.27. The van der Waals surface area contributed by atoms with Gasteiger partial charge in [-0.25, -0.2) is 0 Å². The van der Waals surface area contributed by atoms with Crippen molar-refractivity contribution in [2.45, 2.75) is 4.45 Å². The lowest BCUT2D eigenvalue weighted by Crippen LogP contribution is -2.31. The summed E-state index contributed by atoms with van der Waals surface area (Å²) in [4.78, 5) is 0. The topological polar surface area (TPSA) is 32.3 Å². The van der Waals surface area contributed by atoms with Crippen LogP contribution in [0.3, 0.4) is 0 Å². The monoisotopic (exact) mass is 251 g/mol. The van der Waals surface area contributed by atoms with E-state index in [1.54, 1.807) is 12.1 Å². The summed E-state index contributed by atoms with van der Waals surface area (Å²) in [6, 6.07) is 7.15. The molecule has 1 aliphatic heterocycles. The second-order valence-electron chi connectivity index (χ2n) is 3.12. The van der Waals surface area contributed by atoms with E-state index in [9.17, 15) is 5.11 Å². The van der Waals surface area contributed by atoms with Gasteiger partial charge in [-0.2, -0.15) is 0 Å². The molecule has 1 unspecified atom stereocenters. The molecule has 2 N–H and O–H groups in total. The number of benzene rings is 1. The summed E-state index contributed by atoms with van der Waals surface area (Å²) in [6.07, 6.45) is 7.72. The van der Waals surface area contributed by atoms with E-state index in [-0.39, 0.29) is 5.75 Å². The van der Waals surface area contributed by atoms with Gasteiger partial charge in [-0.1, -0.05) is 34.1 Å². The average molecular weight is 252 g/mol. The summed E-state index contributed by atoms with van der Waals surface area (Å²) in [6.45, 7) is 0. The zero-order valence-corrected chi connectivity index (χ0v) is 9.03. The summed E-state index contributed by atoms with van der Waals surface area (Å²) in [5.74, 6) is 0.270. The van der Waals surface area contributed by atoms with Gasteiger partial charge < -0.3 is 10.4 Å². The molecule has 1 aliphatic rings. The number of hydrogen-bond acceptors (Lipinski definition) is 2. The van der Waals surface area contributed by atoms with Crippen molar-refractivity contribution < 1.29 is 5.11 Å². The Morgan fingerprint density at radius 1 is 1.29 bits per heavy atom. The summed E-state index contributed by atoms with van der Waals surface area (Å²) in [5.41, 5.74) is 0.970. The van der Waals surface area contributed by atoms with E-state index in [4.69, 9.17) is 0 Å². The van der Waals surface area contributed by atoms with Crippen molar-refractivity contribution in [1.29, 1.82) is 0 Å². The number of phenolic OH excluding ortho intramolecular Hbond substituents is 1. The van der Waals surface area contributed by atoms with Crippen molar-refractivity contribution >= 4 is 15.9 Å². The largest absolute Gasteiger partial charge is 0.508 e. The predicted octanol–water partition coefficient (Wildman–Crippen LogP) is 2.61. The second-order valence-corrected chi connectivity index (χ2v) is 4.38. The minimum absolute atomic E-state index is 0.270. The maximum absolute atomic E-state index is 9.37. The van der Waals surface area contributed by atoms with Crippen LogP contribution in [-0.4, -0.2) is 5.11 Å². The standard InChI is InChI=1S/C11H10BrNO/c12-11(6-1-2-7-13-11)9-4-3-5-10(14)8-9/h1-8,13-14H. The van der Waals surface area contributed by atoms with Crippen LogP contribution < -0.4 is 5.32 Å². The van der Waals surface area contributed by atoms with Crippen LogP contribution in [-0.2, 0) is 4.45 Å². The van der Waals surface area contributed by atoms with Crippen LogP contribution in [0.4, 0.5) is 0 Å². The van der Waals surface area contributed by atoms with E-state index in [0.29, 0.717) is 0 Å². The van der Waals surface area contributed by atoms with Crippen molar-refractivity contribution in [2.75, 3.05) is 0 Å². The number of aromatic hydroxyl groups is 1. The highest BCUT2D eigenvalue weighted by Gasteiger charge is 2.25. The third kappa shape index (κ3) is 1.68. The van der Waals surface area contributed by atoms with Crippen molar-refractivity contribution in [1.82, 2.24) is 5.32 Å². The molecule has 1 atom stereocenters. The predicted molar refractivity (Wildman–Crippen MR) is 60.1 cm³/mol. The maximum Gasteiger partial charge on any atom is 0.137 e. The first-order valence-corrected chi connectivity index (χ1v) is 5.10. The lowest BCUT2D eigenvalue weighted by molar-refractivity contribution is 0.473. The molecule has 14 heavy (non-hydrogen) atoms. The van der Waals surface area contributed by atoms with E-state index in [0.717, 1.165) is 5.56 Å². The van der Waals surface area contributed by atoms with Crippen LogP contribution >= 0.6 is 15.9 Å². The Morgan fingerprint density at radius 2 is 2.14 bits per heavy atom. The van der Waals surface area contributed by atoms with E-state index < -0.39 is 4.45 Å². The summed E-state index contributed by atoms with van der Waals surface area (Å²) in [5, 5.41) is 12.5. The molecular weight excluding hydrogens is 242 g/mol. The van der Waals surface area contributed by atoms with Gasteiger partial charge in [0.2, 0.25) is 0 Å². The van der Waals surface area contributed by atoms with Crippen LogP contribution in [0.2, 0.25) is 0 Å². The number of halogens is 1. The van der Waals surface area contributed by atoms with Gasteiger partial charge in [0, 0.05) is 0 Å². The van der Waals surface area contributed by atoms with Gasteiger partial charge in [0.15, 0.2) is 0 Å². The first-order valence-electron chi connectivity index (χ1n) is 4.31. The summed E-state index contributed by atoms with van der Waals surface area (Å²) in [7, 11) is 0. The molecule has 0 bridgehead atoms. The zero-order valence-electron chi connectivity index (χ0n) is 7.44. The van der Waals surface area contributed by atoms with E-state index >= 15 is 0 Å². The highest BCUT2D eigenvalue weighted by molar-refractivity contribution is 9.09. The molecular formula is C11H10BrNO. The van der Waals surface area contributed by atoms with Crippen molar-refractivity contribution in [2.24, 2.45) is 0 Å². The first-order chi connectivity index (χ1) is 6.71. The Morgan fingerprint density at radius 3 is 2.79 bits per heavy atom. The fourth-order valence-electron chi connectivity index (χ4n) is 1.37. The third-order valence-corrected chi connectivity index (χ3v) is 3.04.